The Balaban J connectivity index is 2.18. The molecule has 0 spiro atoms. The van der Waals surface area contributed by atoms with Crippen molar-refractivity contribution in [3.8, 4) is 0 Å². The first-order chi connectivity index (χ1) is 8.46. The van der Waals surface area contributed by atoms with Crippen LogP contribution >= 0.6 is 0 Å². The van der Waals surface area contributed by atoms with Gasteiger partial charge < -0.3 is 5.32 Å². The lowest BCUT2D eigenvalue weighted by Gasteiger charge is -2.18. The van der Waals surface area contributed by atoms with E-state index >= 15 is 0 Å². The van der Waals surface area contributed by atoms with Crippen molar-refractivity contribution in [3.05, 3.63) is 42.2 Å². The Morgan fingerprint density at radius 1 is 1.22 bits per heavy atom. The highest BCUT2D eigenvalue weighted by Crippen LogP contribution is 2.14. The number of nitrogens with zero attached hydrogens (tertiary/aromatic N) is 1. The van der Waals surface area contributed by atoms with Crippen LogP contribution in [0.3, 0.4) is 0 Å². The summed E-state index contributed by atoms with van der Waals surface area (Å²) in [6, 6.07) is 9.71. The number of aromatic nitrogens is 1. The SMILES string of the molecule is CC(C)(C)CNC(=O)c1cc2ccccc2cn1. The van der Waals surface area contributed by atoms with Gasteiger partial charge in [0.05, 0.1) is 0 Å². The normalized spacial score (nSPS) is 11.5. The van der Waals surface area contributed by atoms with Crippen molar-refractivity contribution in [2.75, 3.05) is 6.54 Å². The van der Waals surface area contributed by atoms with E-state index in [1.807, 2.05) is 30.3 Å². The predicted octanol–water partition coefficient (Wildman–Crippen LogP) is 3.01. The third-order valence-electron chi connectivity index (χ3n) is 2.64. The van der Waals surface area contributed by atoms with Crippen LogP contribution in [0.25, 0.3) is 10.8 Å². The predicted molar refractivity (Wildman–Crippen MR) is 73.5 cm³/mol. The van der Waals surface area contributed by atoms with E-state index in [2.05, 4.69) is 31.1 Å². The molecule has 0 radical (unpaired) electrons. The van der Waals surface area contributed by atoms with E-state index in [0.717, 1.165) is 10.8 Å². The smallest absolute Gasteiger partial charge is 0.269 e. The van der Waals surface area contributed by atoms with E-state index in [-0.39, 0.29) is 11.3 Å². The molecule has 1 aromatic heterocycles. The van der Waals surface area contributed by atoms with Gasteiger partial charge in [0.25, 0.3) is 5.91 Å². The summed E-state index contributed by atoms with van der Waals surface area (Å²) < 4.78 is 0. The fourth-order valence-corrected chi connectivity index (χ4v) is 1.64. The molecule has 0 aliphatic carbocycles. The quantitative estimate of drug-likeness (QED) is 0.879. The van der Waals surface area contributed by atoms with Crippen molar-refractivity contribution in [2.24, 2.45) is 5.41 Å². The number of amides is 1. The Morgan fingerprint density at radius 3 is 2.56 bits per heavy atom. The van der Waals surface area contributed by atoms with Gasteiger partial charge in [0.2, 0.25) is 0 Å². The Hall–Kier alpha value is -1.90. The van der Waals surface area contributed by atoms with Crippen LogP contribution < -0.4 is 5.32 Å². The van der Waals surface area contributed by atoms with Gasteiger partial charge in [-0.05, 0) is 16.9 Å². The molecule has 2 aromatic rings. The first-order valence-electron chi connectivity index (χ1n) is 6.09. The number of fused-ring (bicyclic) bond motifs is 1. The first-order valence-corrected chi connectivity index (χ1v) is 6.09. The van der Waals surface area contributed by atoms with Gasteiger partial charge in [0.1, 0.15) is 5.69 Å². The van der Waals surface area contributed by atoms with Crippen LogP contribution in [0.5, 0.6) is 0 Å². The molecule has 0 atom stereocenters. The van der Waals surface area contributed by atoms with E-state index in [4.69, 9.17) is 0 Å². The van der Waals surface area contributed by atoms with Crippen molar-refractivity contribution in [3.63, 3.8) is 0 Å². The molecule has 1 heterocycles. The molecule has 0 unspecified atom stereocenters. The minimum atomic E-state index is -0.115. The second-order valence-corrected chi connectivity index (χ2v) is 5.66. The zero-order valence-corrected chi connectivity index (χ0v) is 11.0. The number of hydrogen-bond donors (Lipinski definition) is 1. The monoisotopic (exact) mass is 242 g/mol. The molecule has 0 aliphatic rings. The Labute approximate surface area is 107 Å². The van der Waals surface area contributed by atoms with E-state index in [9.17, 15) is 4.79 Å². The summed E-state index contributed by atoms with van der Waals surface area (Å²) >= 11 is 0. The molecular weight excluding hydrogens is 224 g/mol. The van der Waals surface area contributed by atoms with Crippen LogP contribution in [-0.2, 0) is 0 Å². The molecule has 18 heavy (non-hydrogen) atoms. The molecule has 0 bridgehead atoms. The van der Waals surface area contributed by atoms with Gasteiger partial charge in [-0.1, -0.05) is 45.0 Å². The van der Waals surface area contributed by atoms with Crippen molar-refractivity contribution < 1.29 is 4.79 Å². The fourth-order valence-electron chi connectivity index (χ4n) is 1.64. The Morgan fingerprint density at radius 2 is 1.89 bits per heavy atom. The van der Waals surface area contributed by atoms with Crippen LogP contribution in [0.1, 0.15) is 31.3 Å². The molecule has 3 heteroatoms. The molecule has 0 saturated heterocycles. The van der Waals surface area contributed by atoms with E-state index in [1.165, 1.54) is 0 Å². The highest BCUT2D eigenvalue weighted by Gasteiger charge is 2.13. The second kappa shape index (κ2) is 4.77. The lowest BCUT2D eigenvalue weighted by molar-refractivity contribution is 0.0934. The van der Waals surface area contributed by atoms with Crippen molar-refractivity contribution in [2.45, 2.75) is 20.8 Å². The minimum Gasteiger partial charge on any atom is -0.350 e. The minimum absolute atomic E-state index is 0.0759. The summed E-state index contributed by atoms with van der Waals surface area (Å²) in [5, 5.41) is 4.98. The molecular formula is C15H18N2O. The first kappa shape index (κ1) is 12.6. The lowest BCUT2D eigenvalue weighted by atomic mass is 9.97. The summed E-state index contributed by atoms with van der Waals surface area (Å²) in [6.07, 6.45) is 1.74. The number of carbonyl (C=O) groups excluding carboxylic acids is 1. The zero-order valence-electron chi connectivity index (χ0n) is 11.0. The fraction of sp³-hybridized carbons (Fsp3) is 0.333. The maximum Gasteiger partial charge on any atom is 0.269 e. The molecule has 2 rings (SSSR count). The van der Waals surface area contributed by atoms with E-state index < -0.39 is 0 Å². The number of rotatable bonds is 2. The molecule has 1 amide bonds. The Bertz CT molecular complexity index is 570. The van der Waals surface area contributed by atoms with Crippen LogP contribution in [-0.4, -0.2) is 17.4 Å². The van der Waals surface area contributed by atoms with Gasteiger partial charge >= 0.3 is 0 Å². The maximum atomic E-state index is 12.0. The van der Waals surface area contributed by atoms with Crippen LogP contribution in [0, 0.1) is 5.41 Å². The highest BCUT2D eigenvalue weighted by atomic mass is 16.1. The molecule has 1 N–H and O–H groups in total. The second-order valence-electron chi connectivity index (χ2n) is 5.66. The molecule has 0 aliphatic heterocycles. The standard InChI is InChI=1S/C15H18N2O/c1-15(2,3)10-17-14(18)13-8-11-6-4-5-7-12(11)9-16-13/h4-9H,10H2,1-3H3,(H,17,18). The van der Waals surface area contributed by atoms with Crippen molar-refractivity contribution >= 4 is 16.7 Å². The topological polar surface area (TPSA) is 42.0 Å². The van der Waals surface area contributed by atoms with Crippen LogP contribution in [0.2, 0.25) is 0 Å². The van der Waals surface area contributed by atoms with Crippen molar-refractivity contribution in [1.82, 2.24) is 10.3 Å². The number of nitrogens with one attached hydrogen (secondary N) is 1. The summed E-state index contributed by atoms with van der Waals surface area (Å²) in [4.78, 5) is 16.2. The van der Waals surface area contributed by atoms with Crippen molar-refractivity contribution in [1.29, 1.82) is 0 Å². The van der Waals surface area contributed by atoms with Gasteiger partial charge in [-0.3, -0.25) is 9.78 Å². The largest absolute Gasteiger partial charge is 0.350 e. The molecule has 0 fully saturated rings. The van der Waals surface area contributed by atoms with Gasteiger partial charge in [-0.15, -0.1) is 0 Å². The average Bonchev–Trinajstić information content (AvgIpc) is 2.34. The highest BCUT2D eigenvalue weighted by molar-refractivity contribution is 5.96. The summed E-state index contributed by atoms with van der Waals surface area (Å²) in [7, 11) is 0. The summed E-state index contributed by atoms with van der Waals surface area (Å²) in [6.45, 7) is 6.89. The Kier molecular flexibility index (Phi) is 3.32. The van der Waals surface area contributed by atoms with Crippen LogP contribution in [0.15, 0.2) is 36.5 Å². The van der Waals surface area contributed by atoms with E-state index in [0.29, 0.717) is 12.2 Å². The van der Waals surface area contributed by atoms with Gasteiger partial charge in [-0.25, -0.2) is 0 Å². The van der Waals surface area contributed by atoms with E-state index in [1.54, 1.807) is 6.20 Å². The van der Waals surface area contributed by atoms with Gasteiger partial charge in [-0.2, -0.15) is 0 Å². The number of pyridine rings is 1. The zero-order chi connectivity index (χ0) is 13.2. The maximum absolute atomic E-state index is 12.0. The number of carbonyl (C=O) groups is 1. The molecule has 94 valence electrons. The third kappa shape index (κ3) is 3.06. The van der Waals surface area contributed by atoms with Gasteiger partial charge in [0, 0.05) is 18.1 Å². The molecule has 3 nitrogen and oxygen atoms in total. The molecule has 1 aromatic carbocycles. The third-order valence-corrected chi connectivity index (χ3v) is 2.64. The summed E-state index contributed by atoms with van der Waals surface area (Å²) in [5.74, 6) is -0.115. The van der Waals surface area contributed by atoms with Gasteiger partial charge in [0.15, 0.2) is 0 Å². The average molecular weight is 242 g/mol. The van der Waals surface area contributed by atoms with Crippen LogP contribution in [0.4, 0.5) is 0 Å². The number of benzene rings is 1. The summed E-state index contributed by atoms with van der Waals surface area (Å²) in [5.41, 5.74) is 0.546. The number of hydrogen-bond acceptors (Lipinski definition) is 2. The lowest BCUT2D eigenvalue weighted by Crippen LogP contribution is -2.32. The molecule has 0 saturated carbocycles.